The lowest BCUT2D eigenvalue weighted by molar-refractivity contribution is -0.160. The lowest BCUT2D eigenvalue weighted by Crippen LogP contribution is -2.39. The lowest BCUT2D eigenvalue weighted by Gasteiger charge is -2.24. The van der Waals surface area contributed by atoms with Crippen LogP contribution in [0, 0.1) is 11.3 Å². The first-order valence-electron chi connectivity index (χ1n) is 7.01. The molecule has 2 aromatic rings. The SMILES string of the molecule is CC(C)(Oc1ccc(Cl)cc1)C(=O)OCc1ccc(C#N)cc1. The molecule has 0 atom stereocenters. The van der Waals surface area contributed by atoms with Gasteiger partial charge in [0.05, 0.1) is 11.6 Å². The van der Waals surface area contributed by atoms with E-state index in [1.807, 2.05) is 6.07 Å². The molecule has 0 heterocycles. The fourth-order valence-electron chi connectivity index (χ4n) is 1.84. The van der Waals surface area contributed by atoms with Gasteiger partial charge in [0.15, 0.2) is 5.60 Å². The van der Waals surface area contributed by atoms with E-state index < -0.39 is 11.6 Å². The number of nitriles is 1. The van der Waals surface area contributed by atoms with Crippen molar-refractivity contribution in [1.82, 2.24) is 0 Å². The van der Waals surface area contributed by atoms with Crippen LogP contribution in [0.3, 0.4) is 0 Å². The maximum Gasteiger partial charge on any atom is 0.350 e. The molecule has 0 saturated carbocycles. The molecule has 4 nitrogen and oxygen atoms in total. The summed E-state index contributed by atoms with van der Waals surface area (Å²) in [6, 6.07) is 15.7. The van der Waals surface area contributed by atoms with Gasteiger partial charge in [0.1, 0.15) is 12.4 Å². The van der Waals surface area contributed by atoms with Crippen LogP contribution in [0.2, 0.25) is 5.02 Å². The van der Waals surface area contributed by atoms with Gasteiger partial charge in [-0.25, -0.2) is 4.79 Å². The Bertz CT molecular complexity index is 715. The molecule has 0 aromatic heterocycles. The van der Waals surface area contributed by atoms with Gasteiger partial charge >= 0.3 is 5.97 Å². The molecule has 0 aliphatic heterocycles. The van der Waals surface area contributed by atoms with Crippen LogP contribution in [0.25, 0.3) is 0 Å². The highest BCUT2D eigenvalue weighted by Crippen LogP contribution is 2.22. The Kier molecular flexibility index (Phi) is 5.25. The number of benzene rings is 2. The summed E-state index contributed by atoms with van der Waals surface area (Å²) in [5.74, 6) is 0.0616. The van der Waals surface area contributed by atoms with Crippen LogP contribution in [0.4, 0.5) is 0 Å². The summed E-state index contributed by atoms with van der Waals surface area (Å²) in [5, 5.41) is 9.35. The number of ether oxygens (including phenoxy) is 2. The fraction of sp³-hybridized carbons (Fsp3) is 0.222. The third-order valence-corrected chi connectivity index (χ3v) is 3.38. The second kappa shape index (κ2) is 7.17. The number of hydrogen-bond donors (Lipinski definition) is 0. The molecule has 2 rings (SSSR count). The highest BCUT2D eigenvalue weighted by atomic mass is 35.5. The van der Waals surface area contributed by atoms with Crippen molar-refractivity contribution in [3.8, 4) is 11.8 Å². The van der Waals surface area contributed by atoms with E-state index in [0.717, 1.165) is 5.56 Å². The van der Waals surface area contributed by atoms with E-state index in [4.69, 9.17) is 26.3 Å². The van der Waals surface area contributed by atoms with Gasteiger partial charge in [0.25, 0.3) is 0 Å². The lowest BCUT2D eigenvalue weighted by atomic mass is 10.1. The first-order chi connectivity index (χ1) is 10.9. The number of carbonyl (C=O) groups excluding carboxylic acids is 1. The average molecular weight is 330 g/mol. The number of rotatable bonds is 5. The Hall–Kier alpha value is -2.51. The van der Waals surface area contributed by atoms with Crippen molar-refractivity contribution in [3.63, 3.8) is 0 Å². The van der Waals surface area contributed by atoms with E-state index in [1.54, 1.807) is 62.4 Å². The van der Waals surface area contributed by atoms with Gasteiger partial charge in [-0.15, -0.1) is 0 Å². The fourth-order valence-corrected chi connectivity index (χ4v) is 1.96. The summed E-state index contributed by atoms with van der Waals surface area (Å²) in [6.45, 7) is 3.41. The molecule has 0 aliphatic carbocycles. The van der Waals surface area contributed by atoms with Crippen molar-refractivity contribution >= 4 is 17.6 Å². The molecule has 0 amide bonds. The Balaban J connectivity index is 1.95. The van der Waals surface area contributed by atoms with Gasteiger partial charge in [-0.2, -0.15) is 5.26 Å². The van der Waals surface area contributed by atoms with E-state index in [1.165, 1.54) is 0 Å². The Morgan fingerprint density at radius 3 is 2.30 bits per heavy atom. The molecule has 118 valence electrons. The molecule has 0 spiro atoms. The summed E-state index contributed by atoms with van der Waals surface area (Å²) in [4.78, 5) is 12.2. The first kappa shape index (κ1) is 16.9. The molecular weight excluding hydrogens is 314 g/mol. The second-order valence-electron chi connectivity index (χ2n) is 5.45. The van der Waals surface area contributed by atoms with Crippen LogP contribution in [0.1, 0.15) is 25.0 Å². The smallest absolute Gasteiger partial charge is 0.350 e. The zero-order valence-corrected chi connectivity index (χ0v) is 13.6. The highest BCUT2D eigenvalue weighted by Gasteiger charge is 2.31. The topological polar surface area (TPSA) is 59.3 Å². The normalized spacial score (nSPS) is 10.7. The quantitative estimate of drug-likeness (QED) is 0.774. The maximum atomic E-state index is 12.2. The van der Waals surface area contributed by atoms with Crippen LogP contribution >= 0.6 is 11.6 Å². The molecule has 5 heteroatoms. The highest BCUT2D eigenvalue weighted by molar-refractivity contribution is 6.30. The Morgan fingerprint density at radius 1 is 1.13 bits per heavy atom. The monoisotopic (exact) mass is 329 g/mol. The maximum absolute atomic E-state index is 12.2. The standard InChI is InChI=1S/C18H16ClNO3/c1-18(2,23-16-9-7-15(19)8-10-16)17(21)22-12-14-5-3-13(11-20)4-6-14/h3-10H,12H2,1-2H3. The number of nitrogens with zero attached hydrogens (tertiary/aromatic N) is 1. The van der Waals surface area contributed by atoms with Crippen molar-refractivity contribution in [1.29, 1.82) is 5.26 Å². The van der Waals surface area contributed by atoms with Crippen LogP contribution < -0.4 is 4.74 Å². The summed E-state index contributed by atoms with van der Waals surface area (Å²) < 4.78 is 11.0. The number of carbonyl (C=O) groups is 1. The van der Waals surface area contributed by atoms with Gasteiger partial charge in [-0.3, -0.25) is 0 Å². The molecule has 0 N–H and O–H groups in total. The third-order valence-electron chi connectivity index (χ3n) is 3.13. The van der Waals surface area contributed by atoms with Crippen LogP contribution in [-0.4, -0.2) is 11.6 Å². The minimum absolute atomic E-state index is 0.123. The molecule has 0 bridgehead atoms. The minimum Gasteiger partial charge on any atom is -0.476 e. The van der Waals surface area contributed by atoms with Gasteiger partial charge in [-0.05, 0) is 55.8 Å². The molecule has 0 aliphatic rings. The first-order valence-corrected chi connectivity index (χ1v) is 7.39. The minimum atomic E-state index is -1.12. The molecule has 0 fully saturated rings. The number of esters is 1. The van der Waals surface area contributed by atoms with Gasteiger partial charge in [0, 0.05) is 5.02 Å². The summed E-state index contributed by atoms with van der Waals surface area (Å²) in [5.41, 5.74) is 0.242. The van der Waals surface area contributed by atoms with Crippen molar-refractivity contribution in [2.24, 2.45) is 0 Å². The van der Waals surface area contributed by atoms with Crippen molar-refractivity contribution in [2.75, 3.05) is 0 Å². The van der Waals surface area contributed by atoms with E-state index in [2.05, 4.69) is 0 Å². The molecule has 0 unspecified atom stereocenters. The van der Waals surface area contributed by atoms with E-state index in [0.29, 0.717) is 16.3 Å². The zero-order chi connectivity index (χ0) is 16.9. The summed E-state index contributed by atoms with van der Waals surface area (Å²) in [6.07, 6.45) is 0. The Labute approximate surface area is 140 Å². The van der Waals surface area contributed by atoms with E-state index >= 15 is 0 Å². The second-order valence-corrected chi connectivity index (χ2v) is 5.89. The van der Waals surface area contributed by atoms with Gasteiger partial charge in [-0.1, -0.05) is 23.7 Å². The molecular formula is C18H16ClNO3. The molecule has 0 saturated heterocycles. The number of hydrogen-bond acceptors (Lipinski definition) is 4. The van der Waals surface area contributed by atoms with Crippen molar-refractivity contribution in [3.05, 3.63) is 64.7 Å². The average Bonchev–Trinajstić information content (AvgIpc) is 2.55. The predicted molar refractivity (Wildman–Crippen MR) is 87.1 cm³/mol. The molecule has 0 radical (unpaired) electrons. The predicted octanol–water partition coefficient (Wildman–Crippen LogP) is 4.11. The van der Waals surface area contributed by atoms with Crippen molar-refractivity contribution < 1.29 is 14.3 Å². The number of halogens is 1. The van der Waals surface area contributed by atoms with E-state index in [-0.39, 0.29) is 6.61 Å². The molecule has 23 heavy (non-hydrogen) atoms. The van der Waals surface area contributed by atoms with Crippen LogP contribution in [0.15, 0.2) is 48.5 Å². The van der Waals surface area contributed by atoms with Crippen molar-refractivity contribution in [2.45, 2.75) is 26.1 Å². The third kappa shape index (κ3) is 4.73. The largest absolute Gasteiger partial charge is 0.476 e. The summed E-state index contributed by atoms with van der Waals surface area (Å²) in [7, 11) is 0. The van der Waals surface area contributed by atoms with Gasteiger partial charge < -0.3 is 9.47 Å². The zero-order valence-electron chi connectivity index (χ0n) is 12.9. The van der Waals surface area contributed by atoms with Crippen LogP contribution in [0.5, 0.6) is 5.75 Å². The van der Waals surface area contributed by atoms with Gasteiger partial charge in [0.2, 0.25) is 0 Å². The Morgan fingerprint density at radius 2 is 1.74 bits per heavy atom. The van der Waals surface area contributed by atoms with Crippen LogP contribution in [-0.2, 0) is 16.1 Å². The molecule has 2 aromatic carbocycles. The van der Waals surface area contributed by atoms with E-state index in [9.17, 15) is 4.79 Å². The summed E-state index contributed by atoms with van der Waals surface area (Å²) >= 11 is 5.82.